The molecule has 0 aliphatic rings. The molecular weight excluding hydrogens is 369 g/mol. The minimum atomic E-state index is -3.77. The van der Waals surface area contributed by atoms with Gasteiger partial charge in [-0.05, 0) is 25.1 Å². The van der Waals surface area contributed by atoms with Gasteiger partial charge in [0, 0.05) is 33.3 Å². The smallest absolute Gasteiger partial charge is 0.240 e. The molecule has 0 bridgehead atoms. The quantitative estimate of drug-likeness (QED) is 0.707. The van der Waals surface area contributed by atoms with Gasteiger partial charge in [0.05, 0.1) is 9.92 Å². The first-order valence-corrected chi connectivity index (χ1v) is 9.27. The lowest BCUT2D eigenvalue weighted by Gasteiger charge is -2.14. The normalized spacial score (nSPS) is 11.4. The van der Waals surface area contributed by atoms with E-state index >= 15 is 0 Å². The fourth-order valence-corrected chi connectivity index (χ4v) is 3.28. The number of aryl methyl sites for hydroxylation is 1. The third-order valence-corrected chi connectivity index (χ3v) is 4.96. The molecule has 0 spiro atoms. The molecule has 0 aliphatic carbocycles. The first-order valence-electron chi connectivity index (χ1n) is 7.40. The van der Waals surface area contributed by atoms with Crippen molar-refractivity contribution < 1.29 is 12.8 Å². The predicted octanol–water partition coefficient (Wildman–Crippen LogP) is 2.03. The van der Waals surface area contributed by atoms with Gasteiger partial charge in [-0.2, -0.15) is 0 Å². The average molecular weight is 388 g/mol. The highest BCUT2D eigenvalue weighted by Gasteiger charge is 2.15. The maximum atomic E-state index is 13.1. The number of hydrogen-bond donors (Lipinski definition) is 2. The van der Waals surface area contributed by atoms with Gasteiger partial charge in [0.25, 0.3) is 0 Å². The van der Waals surface area contributed by atoms with Crippen LogP contribution in [0.2, 0.25) is 5.02 Å². The summed E-state index contributed by atoms with van der Waals surface area (Å²) in [5, 5.41) is 2.79. The third-order valence-electron chi connectivity index (χ3n) is 3.21. The van der Waals surface area contributed by atoms with Crippen molar-refractivity contribution in [1.82, 2.24) is 14.7 Å². The lowest BCUT2D eigenvalue weighted by Crippen LogP contribution is -2.29. The molecule has 0 fully saturated rings. The number of hydrogen-bond acceptors (Lipinski definition) is 6. The molecule has 0 unspecified atom stereocenters. The van der Waals surface area contributed by atoms with E-state index in [1.54, 1.807) is 13.0 Å². The van der Waals surface area contributed by atoms with E-state index in [0.717, 1.165) is 24.0 Å². The summed E-state index contributed by atoms with van der Waals surface area (Å²) in [5.74, 6) is 1.28. The number of nitrogens with zero attached hydrogens (tertiary/aromatic N) is 3. The maximum Gasteiger partial charge on any atom is 0.240 e. The van der Waals surface area contributed by atoms with Crippen LogP contribution < -0.4 is 14.9 Å². The molecular formula is C15H19ClFN5O2S. The summed E-state index contributed by atoms with van der Waals surface area (Å²) in [6, 6.07) is 5.01. The Labute approximate surface area is 151 Å². The van der Waals surface area contributed by atoms with Gasteiger partial charge in [-0.1, -0.05) is 11.6 Å². The number of benzene rings is 1. The Morgan fingerprint density at radius 2 is 1.92 bits per heavy atom. The van der Waals surface area contributed by atoms with E-state index in [1.807, 2.05) is 19.0 Å². The van der Waals surface area contributed by atoms with Crippen LogP contribution in [0.25, 0.3) is 0 Å². The van der Waals surface area contributed by atoms with Crippen LogP contribution in [0.1, 0.15) is 5.82 Å². The first-order chi connectivity index (χ1) is 11.7. The Balaban J connectivity index is 1.95. The van der Waals surface area contributed by atoms with Crippen LogP contribution in [0, 0.1) is 12.7 Å². The average Bonchev–Trinajstić information content (AvgIpc) is 2.53. The fourth-order valence-electron chi connectivity index (χ4n) is 1.97. The monoisotopic (exact) mass is 387 g/mol. The van der Waals surface area contributed by atoms with E-state index in [1.165, 1.54) is 0 Å². The summed E-state index contributed by atoms with van der Waals surface area (Å²) in [5.41, 5.74) is 0. The lowest BCUT2D eigenvalue weighted by molar-refractivity contribution is 0.582. The van der Waals surface area contributed by atoms with Crippen LogP contribution in [0.15, 0.2) is 29.2 Å². The van der Waals surface area contributed by atoms with Gasteiger partial charge in [-0.3, -0.25) is 0 Å². The fraction of sp³-hybridized carbons (Fsp3) is 0.333. The van der Waals surface area contributed by atoms with Crippen molar-refractivity contribution in [3.8, 4) is 0 Å². The van der Waals surface area contributed by atoms with Gasteiger partial charge in [0.15, 0.2) is 0 Å². The standard InChI is InChI=1S/C15H19ClFN5O2S/c1-10-20-14(9-15(21-10)22(2)3)18-6-7-19-25(23,24)11-4-5-13(17)12(16)8-11/h4-5,8-9,19H,6-7H2,1-3H3,(H,18,20,21). The molecule has 2 aromatic rings. The van der Waals surface area contributed by atoms with E-state index in [0.29, 0.717) is 18.2 Å². The van der Waals surface area contributed by atoms with Crippen LogP contribution in [0.4, 0.5) is 16.0 Å². The molecule has 0 saturated carbocycles. The Kier molecular flexibility index (Phi) is 6.15. The Morgan fingerprint density at radius 1 is 1.20 bits per heavy atom. The van der Waals surface area contributed by atoms with E-state index in [-0.39, 0.29) is 16.5 Å². The second-order valence-corrected chi connectivity index (χ2v) is 7.63. The molecule has 0 atom stereocenters. The van der Waals surface area contributed by atoms with Crippen LogP contribution in [-0.4, -0.2) is 45.6 Å². The molecule has 1 heterocycles. The van der Waals surface area contributed by atoms with Gasteiger partial charge < -0.3 is 10.2 Å². The topological polar surface area (TPSA) is 87.2 Å². The van der Waals surface area contributed by atoms with Crippen molar-refractivity contribution in [3.63, 3.8) is 0 Å². The van der Waals surface area contributed by atoms with Crippen LogP contribution >= 0.6 is 11.6 Å². The number of rotatable bonds is 7. The molecule has 0 saturated heterocycles. The second kappa shape index (κ2) is 7.94. The number of sulfonamides is 1. The zero-order chi connectivity index (χ0) is 18.6. The summed E-state index contributed by atoms with van der Waals surface area (Å²) < 4.78 is 39.9. The minimum absolute atomic E-state index is 0.0910. The van der Waals surface area contributed by atoms with Crippen molar-refractivity contribution in [2.24, 2.45) is 0 Å². The summed E-state index contributed by atoms with van der Waals surface area (Å²) in [6.07, 6.45) is 0. The molecule has 2 rings (SSSR count). The van der Waals surface area contributed by atoms with Gasteiger partial charge in [-0.15, -0.1) is 0 Å². The highest BCUT2D eigenvalue weighted by atomic mass is 35.5. The summed E-state index contributed by atoms with van der Waals surface area (Å²) in [6.45, 7) is 2.22. The summed E-state index contributed by atoms with van der Waals surface area (Å²) in [4.78, 5) is 10.3. The SMILES string of the molecule is Cc1nc(NCCNS(=O)(=O)c2ccc(F)c(Cl)c2)cc(N(C)C)n1. The number of halogens is 2. The van der Waals surface area contributed by atoms with E-state index in [9.17, 15) is 12.8 Å². The number of anilines is 2. The van der Waals surface area contributed by atoms with Crippen molar-refractivity contribution in [2.45, 2.75) is 11.8 Å². The second-order valence-electron chi connectivity index (χ2n) is 5.45. The van der Waals surface area contributed by atoms with Gasteiger partial charge in [0.2, 0.25) is 10.0 Å². The Hall–Kier alpha value is -1.97. The van der Waals surface area contributed by atoms with E-state index in [4.69, 9.17) is 11.6 Å². The van der Waals surface area contributed by atoms with Gasteiger partial charge >= 0.3 is 0 Å². The molecule has 10 heteroatoms. The third kappa shape index (κ3) is 5.25. The highest BCUT2D eigenvalue weighted by molar-refractivity contribution is 7.89. The summed E-state index contributed by atoms with van der Waals surface area (Å²) >= 11 is 5.62. The molecule has 2 N–H and O–H groups in total. The van der Waals surface area contributed by atoms with Crippen molar-refractivity contribution in [2.75, 3.05) is 37.4 Å². The lowest BCUT2D eigenvalue weighted by atomic mass is 10.3. The van der Waals surface area contributed by atoms with Crippen LogP contribution in [0.3, 0.4) is 0 Å². The minimum Gasteiger partial charge on any atom is -0.369 e. The Morgan fingerprint density at radius 3 is 2.56 bits per heavy atom. The van der Waals surface area contributed by atoms with E-state index < -0.39 is 15.8 Å². The van der Waals surface area contributed by atoms with Crippen LogP contribution in [0.5, 0.6) is 0 Å². The Bertz CT molecular complexity index is 861. The molecule has 1 aromatic carbocycles. The molecule has 0 amide bonds. The maximum absolute atomic E-state index is 13.1. The molecule has 136 valence electrons. The van der Waals surface area contributed by atoms with Crippen molar-refractivity contribution in [1.29, 1.82) is 0 Å². The zero-order valence-corrected chi connectivity index (χ0v) is 15.6. The van der Waals surface area contributed by atoms with E-state index in [2.05, 4.69) is 20.0 Å². The highest BCUT2D eigenvalue weighted by Crippen LogP contribution is 2.19. The van der Waals surface area contributed by atoms with Gasteiger partial charge in [-0.25, -0.2) is 27.5 Å². The molecule has 0 aliphatic heterocycles. The first kappa shape index (κ1) is 19.4. The molecule has 25 heavy (non-hydrogen) atoms. The van der Waals surface area contributed by atoms with Crippen LogP contribution in [-0.2, 0) is 10.0 Å². The zero-order valence-electron chi connectivity index (χ0n) is 14.0. The molecule has 1 aromatic heterocycles. The predicted molar refractivity (Wildman–Crippen MR) is 96.2 cm³/mol. The van der Waals surface area contributed by atoms with Gasteiger partial charge in [0.1, 0.15) is 23.3 Å². The number of aromatic nitrogens is 2. The molecule has 0 radical (unpaired) electrons. The van der Waals surface area contributed by atoms with Crippen molar-refractivity contribution in [3.05, 3.63) is 40.9 Å². The largest absolute Gasteiger partial charge is 0.369 e. The summed E-state index contributed by atoms with van der Waals surface area (Å²) in [7, 11) is -0.0287. The molecule has 7 nitrogen and oxygen atoms in total. The number of nitrogens with one attached hydrogen (secondary N) is 2. The van der Waals surface area contributed by atoms with Crippen molar-refractivity contribution >= 4 is 33.3 Å².